The smallest absolute Gasteiger partial charge is 0.360 e. The summed E-state index contributed by atoms with van der Waals surface area (Å²) in [5.41, 5.74) is -0.324. The van der Waals surface area contributed by atoms with Crippen LogP contribution in [0.15, 0.2) is 47.4 Å². The van der Waals surface area contributed by atoms with Gasteiger partial charge in [-0.3, -0.25) is 9.59 Å². The van der Waals surface area contributed by atoms with Crippen LogP contribution in [0.3, 0.4) is 0 Å². The molecule has 3 rings (SSSR count). The molecule has 3 aromatic rings. The van der Waals surface area contributed by atoms with E-state index < -0.39 is 18.0 Å². The zero-order valence-electron chi connectivity index (χ0n) is 15.2. The third-order valence-corrected chi connectivity index (χ3v) is 4.22. The van der Waals surface area contributed by atoms with Crippen LogP contribution in [0.4, 0.5) is 5.82 Å². The van der Waals surface area contributed by atoms with Crippen LogP contribution in [0, 0.1) is 0 Å². The molecule has 8 nitrogen and oxygen atoms in total. The van der Waals surface area contributed by atoms with Crippen molar-refractivity contribution in [3.63, 3.8) is 0 Å². The van der Waals surface area contributed by atoms with E-state index in [1.807, 2.05) is 0 Å². The van der Waals surface area contributed by atoms with E-state index in [0.29, 0.717) is 22.3 Å². The monoisotopic (exact) mass is 400 g/mol. The Morgan fingerprint density at radius 2 is 1.93 bits per heavy atom. The molecule has 9 heteroatoms. The molecular formula is C19H17ClN4O4. The lowest BCUT2D eigenvalue weighted by molar-refractivity contribution is -0.123. The summed E-state index contributed by atoms with van der Waals surface area (Å²) in [6, 6.07) is 9.73. The molecule has 0 aliphatic heterocycles. The van der Waals surface area contributed by atoms with E-state index in [1.165, 1.54) is 23.9 Å². The SMILES string of the molecule is CCn1nc(C(=O)O[C@@H](C)C(=O)Nc2ccc(Cl)cn2)c2ccccc2c1=O. The minimum Gasteiger partial charge on any atom is -0.448 e. The number of hydrogen-bond donors (Lipinski definition) is 1. The van der Waals surface area contributed by atoms with E-state index in [2.05, 4.69) is 15.4 Å². The van der Waals surface area contributed by atoms with Gasteiger partial charge in [-0.2, -0.15) is 5.10 Å². The quantitative estimate of drug-likeness (QED) is 0.660. The number of aryl methyl sites for hydroxylation is 1. The number of halogens is 1. The van der Waals surface area contributed by atoms with Gasteiger partial charge >= 0.3 is 5.97 Å². The molecule has 0 unspecified atom stereocenters. The van der Waals surface area contributed by atoms with Crippen LogP contribution in [0.1, 0.15) is 24.3 Å². The van der Waals surface area contributed by atoms with Crippen LogP contribution in [0.25, 0.3) is 10.8 Å². The van der Waals surface area contributed by atoms with E-state index in [1.54, 1.807) is 37.3 Å². The predicted octanol–water partition coefficient (Wildman–Crippen LogP) is 2.65. The van der Waals surface area contributed by atoms with Crippen molar-refractivity contribution in [2.45, 2.75) is 26.5 Å². The average molecular weight is 401 g/mol. The number of rotatable bonds is 5. The second-order valence-electron chi connectivity index (χ2n) is 5.91. The summed E-state index contributed by atoms with van der Waals surface area (Å²) in [6.07, 6.45) is 0.283. The number of anilines is 1. The lowest BCUT2D eigenvalue weighted by Crippen LogP contribution is -2.32. The van der Waals surface area contributed by atoms with Crippen molar-refractivity contribution in [3.8, 4) is 0 Å². The van der Waals surface area contributed by atoms with Crippen LogP contribution >= 0.6 is 11.6 Å². The number of fused-ring (bicyclic) bond motifs is 1. The van der Waals surface area contributed by atoms with Gasteiger partial charge in [-0.1, -0.05) is 29.8 Å². The Morgan fingerprint density at radius 3 is 2.57 bits per heavy atom. The maximum Gasteiger partial charge on any atom is 0.360 e. The van der Waals surface area contributed by atoms with E-state index in [0.717, 1.165) is 0 Å². The van der Waals surface area contributed by atoms with E-state index >= 15 is 0 Å². The predicted molar refractivity (Wildman–Crippen MR) is 104 cm³/mol. The molecule has 0 saturated carbocycles. The number of aromatic nitrogens is 3. The largest absolute Gasteiger partial charge is 0.448 e. The number of carbonyl (C=O) groups is 2. The summed E-state index contributed by atoms with van der Waals surface area (Å²) >= 11 is 5.76. The standard InChI is InChI=1S/C19H17ClN4O4/c1-3-24-18(26)14-7-5-4-6-13(14)16(23-24)19(27)28-11(2)17(25)22-15-9-8-12(20)10-21-15/h4-11H,3H2,1-2H3,(H,21,22,25)/t11-/m0/s1. The summed E-state index contributed by atoms with van der Waals surface area (Å²) in [4.78, 5) is 41.2. The summed E-state index contributed by atoms with van der Waals surface area (Å²) in [5, 5.41) is 7.79. The number of nitrogens with one attached hydrogen (secondary N) is 1. The first-order valence-electron chi connectivity index (χ1n) is 8.54. The lowest BCUT2D eigenvalue weighted by Gasteiger charge is -2.14. The normalized spacial score (nSPS) is 11.8. The second kappa shape index (κ2) is 8.18. The molecule has 0 spiro atoms. The average Bonchev–Trinajstić information content (AvgIpc) is 2.70. The number of hydrogen-bond acceptors (Lipinski definition) is 6. The van der Waals surface area contributed by atoms with Crippen molar-refractivity contribution in [1.29, 1.82) is 0 Å². The Bertz CT molecular complexity index is 1100. The Labute approximate surface area is 165 Å². The van der Waals surface area contributed by atoms with E-state index in [4.69, 9.17) is 16.3 Å². The van der Waals surface area contributed by atoms with Crippen molar-refractivity contribution in [2.24, 2.45) is 0 Å². The van der Waals surface area contributed by atoms with Crippen molar-refractivity contribution in [1.82, 2.24) is 14.8 Å². The number of benzene rings is 1. The molecule has 0 bridgehead atoms. The maximum absolute atomic E-state index is 12.6. The van der Waals surface area contributed by atoms with Gasteiger partial charge in [0.2, 0.25) is 0 Å². The highest BCUT2D eigenvalue weighted by Crippen LogP contribution is 2.16. The Hall–Kier alpha value is -3.26. The topological polar surface area (TPSA) is 103 Å². The van der Waals surface area contributed by atoms with Gasteiger partial charge in [0.05, 0.1) is 10.4 Å². The third-order valence-electron chi connectivity index (χ3n) is 3.99. The van der Waals surface area contributed by atoms with Crippen LogP contribution in [0.5, 0.6) is 0 Å². The number of amides is 1. The molecule has 1 N–H and O–H groups in total. The van der Waals surface area contributed by atoms with Crippen LogP contribution in [-0.2, 0) is 16.1 Å². The Balaban J connectivity index is 1.82. The highest BCUT2D eigenvalue weighted by Gasteiger charge is 2.23. The molecule has 0 saturated heterocycles. The highest BCUT2D eigenvalue weighted by atomic mass is 35.5. The fraction of sp³-hybridized carbons (Fsp3) is 0.211. The van der Waals surface area contributed by atoms with Crippen molar-refractivity contribution in [3.05, 3.63) is 63.7 Å². The molecule has 1 atom stereocenters. The summed E-state index contributed by atoms with van der Waals surface area (Å²) in [5.74, 6) is -1.08. The molecular weight excluding hydrogens is 384 g/mol. The molecule has 1 amide bonds. The molecule has 28 heavy (non-hydrogen) atoms. The first kappa shape index (κ1) is 19.5. The minimum absolute atomic E-state index is 0.0266. The van der Waals surface area contributed by atoms with Crippen molar-refractivity contribution >= 4 is 40.1 Å². The number of carbonyl (C=O) groups excluding carboxylic acids is 2. The lowest BCUT2D eigenvalue weighted by atomic mass is 10.1. The molecule has 1 aromatic carbocycles. The van der Waals surface area contributed by atoms with Gasteiger partial charge in [0, 0.05) is 18.1 Å². The van der Waals surface area contributed by atoms with Gasteiger partial charge in [0.15, 0.2) is 11.8 Å². The van der Waals surface area contributed by atoms with Gasteiger partial charge < -0.3 is 10.1 Å². The number of esters is 1. The Morgan fingerprint density at radius 1 is 1.21 bits per heavy atom. The first-order chi connectivity index (χ1) is 13.4. The van der Waals surface area contributed by atoms with Gasteiger partial charge in [0.25, 0.3) is 11.5 Å². The molecule has 0 aliphatic carbocycles. The molecule has 0 fully saturated rings. The van der Waals surface area contributed by atoms with Crippen LogP contribution in [0.2, 0.25) is 5.02 Å². The molecule has 144 valence electrons. The van der Waals surface area contributed by atoms with Crippen molar-refractivity contribution < 1.29 is 14.3 Å². The van der Waals surface area contributed by atoms with Crippen LogP contribution in [-0.4, -0.2) is 32.7 Å². The van der Waals surface area contributed by atoms with E-state index in [9.17, 15) is 14.4 Å². The van der Waals surface area contributed by atoms with Gasteiger partial charge in [0.1, 0.15) is 5.82 Å². The minimum atomic E-state index is -1.10. The highest BCUT2D eigenvalue weighted by molar-refractivity contribution is 6.30. The van der Waals surface area contributed by atoms with Crippen molar-refractivity contribution in [2.75, 3.05) is 5.32 Å². The maximum atomic E-state index is 12.6. The fourth-order valence-electron chi connectivity index (χ4n) is 2.55. The van der Waals surface area contributed by atoms with Gasteiger partial charge in [-0.25, -0.2) is 14.5 Å². The fourth-order valence-corrected chi connectivity index (χ4v) is 2.66. The molecule has 2 aromatic heterocycles. The number of pyridine rings is 1. The third kappa shape index (κ3) is 4.01. The van der Waals surface area contributed by atoms with Crippen LogP contribution < -0.4 is 10.9 Å². The molecule has 0 radical (unpaired) electrons. The summed E-state index contributed by atoms with van der Waals surface area (Å²) < 4.78 is 6.44. The zero-order chi connectivity index (χ0) is 20.3. The second-order valence-corrected chi connectivity index (χ2v) is 6.35. The zero-order valence-corrected chi connectivity index (χ0v) is 15.9. The molecule has 0 aliphatic rings. The Kier molecular flexibility index (Phi) is 5.70. The number of nitrogens with zero attached hydrogens (tertiary/aromatic N) is 3. The summed E-state index contributed by atoms with van der Waals surface area (Å²) in [6.45, 7) is 3.47. The summed E-state index contributed by atoms with van der Waals surface area (Å²) in [7, 11) is 0. The van der Waals surface area contributed by atoms with Gasteiger partial charge in [-0.05, 0) is 32.0 Å². The number of ether oxygens (including phenoxy) is 1. The van der Waals surface area contributed by atoms with Gasteiger partial charge in [-0.15, -0.1) is 0 Å². The molecule has 2 heterocycles. The van der Waals surface area contributed by atoms with E-state index in [-0.39, 0.29) is 17.1 Å². The first-order valence-corrected chi connectivity index (χ1v) is 8.91.